The van der Waals surface area contributed by atoms with Crippen LogP contribution in [0.2, 0.25) is 0 Å². The molecule has 2 nitrogen and oxygen atoms in total. The van der Waals surface area contributed by atoms with E-state index in [0.717, 1.165) is 18.7 Å². The Morgan fingerprint density at radius 2 is 1.83 bits per heavy atom. The second kappa shape index (κ2) is 5.57. The molecule has 0 saturated carbocycles. The highest BCUT2D eigenvalue weighted by Gasteiger charge is 2.21. The van der Waals surface area contributed by atoms with Gasteiger partial charge >= 0.3 is 0 Å². The zero-order valence-electron chi connectivity index (χ0n) is 11.9. The van der Waals surface area contributed by atoms with Crippen molar-refractivity contribution in [3.63, 3.8) is 0 Å². The number of hydrogen-bond donors (Lipinski definition) is 0. The van der Waals surface area contributed by atoms with Crippen molar-refractivity contribution in [2.75, 3.05) is 20.7 Å². The Hall–Kier alpha value is -1.28. The van der Waals surface area contributed by atoms with Crippen molar-refractivity contribution in [3.05, 3.63) is 41.0 Å². The number of rotatable bonds is 3. The highest BCUT2D eigenvalue weighted by atomic mass is 16.5. The lowest BCUT2D eigenvalue weighted by Crippen LogP contribution is -2.38. The average Bonchev–Trinajstić information content (AvgIpc) is 2.37. The molecule has 1 aromatic carbocycles. The molecule has 1 aliphatic heterocycles. The molecule has 1 aliphatic rings. The van der Waals surface area contributed by atoms with Crippen molar-refractivity contribution in [1.29, 1.82) is 0 Å². The predicted octanol–water partition coefficient (Wildman–Crippen LogP) is 3.28. The molecule has 18 heavy (non-hydrogen) atoms. The Balaban J connectivity index is 2.05. The molecular weight excluding hydrogens is 222 g/mol. The van der Waals surface area contributed by atoms with Crippen LogP contribution in [-0.4, -0.2) is 31.6 Å². The van der Waals surface area contributed by atoms with E-state index in [1.54, 1.807) is 12.7 Å². The molecule has 2 rings (SSSR count). The third-order valence-corrected chi connectivity index (χ3v) is 4.01. The first-order valence-electron chi connectivity index (χ1n) is 6.58. The Labute approximate surface area is 110 Å². The third kappa shape index (κ3) is 2.94. The van der Waals surface area contributed by atoms with Gasteiger partial charge in [-0.3, -0.25) is 4.90 Å². The minimum Gasteiger partial charge on any atom is -0.497 e. The van der Waals surface area contributed by atoms with E-state index in [0.29, 0.717) is 6.04 Å². The van der Waals surface area contributed by atoms with Gasteiger partial charge in [-0.2, -0.15) is 0 Å². The van der Waals surface area contributed by atoms with Crippen molar-refractivity contribution in [3.8, 4) is 5.75 Å². The van der Waals surface area contributed by atoms with Crippen LogP contribution >= 0.6 is 0 Å². The van der Waals surface area contributed by atoms with Crippen LogP contribution in [0.15, 0.2) is 35.4 Å². The van der Waals surface area contributed by atoms with Crippen LogP contribution in [0.5, 0.6) is 5.75 Å². The number of hydrogen-bond acceptors (Lipinski definition) is 2. The van der Waals surface area contributed by atoms with Crippen molar-refractivity contribution in [1.82, 2.24) is 4.90 Å². The highest BCUT2D eigenvalue weighted by Crippen LogP contribution is 2.24. The Kier molecular flexibility index (Phi) is 4.07. The van der Waals surface area contributed by atoms with Crippen LogP contribution in [0, 0.1) is 0 Å². The molecule has 0 unspecified atom stereocenters. The van der Waals surface area contributed by atoms with E-state index in [1.165, 1.54) is 17.6 Å². The van der Waals surface area contributed by atoms with Crippen LogP contribution in [0.4, 0.5) is 0 Å². The van der Waals surface area contributed by atoms with Crippen LogP contribution in [-0.2, 0) is 6.42 Å². The summed E-state index contributed by atoms with van der Waals surface area (Å²) in [6.45, 7) is 5.62. The number of nitrogens with zero attached hydrogens (tertiary/aromatic N) is 1. The summed E-state index contributed by atoms with van der Waals surface area (Å²) in [5.41, 5.74) is 4.48. The monoisotopic (exact) mass is 245 g/mol. The molecule has 0 spiro atoms. The van der Waals surface area contributed by atoms with E-state index in [-0.39, 0.29) is 0 Å². The van der Waals surface area contributed by atoms with Crippen molar-refractivity contribution in [2.45, 2.75) is 32.7 Å². The lowest BCUT2D eigenvalue weighted by molar-refractivity contribution is 0.241. The van der Waals surface area contributed by atoms with E-state index < -0.39 is 0 Å². The fourth-order valence-electron chi connectivity index (χ4n) is 2.58. The van der Waals surface area contributed by atoms with Crippen LogP contribution < -0.4 is 4.74 Å². The predicted molar refractivity (Wildman–Crippen MR) is 76.1 cm³/mol. The second-order valence-corrected chi connectivity index (χ2v) is 5.39. The Morgan fingerprint density at radius 1 is 1.17 bits per heavy atom. The van der Waals surface area contributed by atoms with Gasteiger partial charge in [0.25, 0.3) is 0 Å². The maximum Gasteiger partial charge on any atom is 0.118 e. The topological polar surface area (TPSA) is 12.5 Å². The normalized spacial score (nSPS) is 21.2. The van der Waals surface area contributed by atoms with E-state index in [1.807, 2.05) is 12.1 Å². The van der Waals surface area contributed by atoms with Crippen LogP contribution in [0.3, 0.4) is 0 Å². The molecule has 1 atom stereocenters. The molecule has 1 heterocycles. The number of likely N-dealkylation sites (N-methyl/N-ethyl adjacent to an activating group) is 1. The summed E-state index contributed by atoms with van der Waals surface area (Å²) in [5, 5.41) is 0. The molecule has 0 radical (unpaired) electrons. The second-order valence-electron chi connectivity index (χ2n) is 5.39. The van der Waals surface area contributed by atoms with E-state index in [9.17, 15) is 0 Å². The largest absolute Gasteiger partial charge is 0.497 e. The van der Waals surface area contributed by atoms with Gasteiger partial charge in [0, 0.05) is 12.6 Å². The molecule has 0 bridgehead atoms. The summed E-state index contributed by atoms with van der Waals surface area (Å²) in [4.78, 5) is 2.46. The van der Waals surface area contributed by atoms with E-state index in [2.05, 4.69) is 37.9 Å². The fraction of sp³-hybridized carbons (Fsp3) is 0.500. The molecule has 0 amide bonds. The molecule has 2 heteroatoms. The first kappa shape index (κ1) is 13.2. The zero-order valence-corrected chi connectivity index (χ0v) is 11.9. The maximum absolute atomic E-state index is 5.19. The molecular formula is C16H23NO. The van der Waals surface area contributed by atoms with Gasteiger partial charge in [-0.1, -0.05) is 23.3 Å². The molecule has 0 N–H and O–H groups in total. The van der Waals surface area contributed by atoms with Crippen molar-refractivity contribution in [2.24, 2.45) is 0 Å². The molecule has 0 fully saturated rings. The summed E-state index contributed by atoms with van der Waals surface area (Å²) in [7, 11) is 3.94. The van der Waals surface area contributed by atoms with Crippen LogP contribution in [0.25, 0.3) is 0 Å². The number of benzene rings is 1. The van der Waals surface area contributed by atoms with Gasteiger partial charge in [0.15, 0.2) is 0 Å². The summed E-state index contributed by atoms with van der Waals surface area (Å²) in [6, 6.07) is 9.07. The number of ether oxygens (including phenoxy) is 1. The minimum absolute atomic E-state index is 0.627. The maximum atomic E-state index is 5.19. The molecule has 98 valence electrons. The van der Waals surface area contributed by atoms with Gasteiger partial charge in [-0.15, -0.1) is 0 Å². The zero-order chi connectivity index (χ0) is 13.1. The van der Waals surface area contributed by atoms with Crippen LogP contribution in [0.1, 0.15) is 25.8 Å². The summed E-state index contributed by atoms with van der Waals surface area (Å²) >= 11 is 0. The SMILES string of the molecule is COc1ccc(C[C@H]2CC(C)=C(C)CN2C)cc1. The van der Waals surface area contributed by atoms with Crippen molar-refractivity contribution < 1.29 is 4.74 Å². The van der Waals surface area contributed by atoms with Gasteiger partial charge in [-0.05, 0) is 51.4 Å². The van der Waals surface area contributed by atoms with Crippen molar-refractivity contribution >= 4 is 0 Å². The molecule has 1 aromatic rings. The van der Waals surface area contributed by atoms with Gasteiger partial charge in [0.05, 0.1) is 7.11 Å². The summed E-state index contributed by atoms with van der Waals surface area (Å²) in [5.74, 6) is 0.933. The minimum atomic E-state index is 0.627. The smallest absolute Gasteiger partial charge is 0.118 e. The average molecular weight is 245 g/mol. The molecule has 0 saturated heterocycles. The highest BCUT2D eigenvalue weighted by molar-refractivity contribution is 5.28. The van der Waals surface area contributed by atoms with E-state index >= 15 is 0 Å². The third-order valence-electron chi connectivity index (χ3n) is 4.01. The standard InChI is InChI=1S/C16H23NO/c1-12-9-15(17(3)11-13(12)2)10-14-5-7-16(18-4)8-6-14/h5-8,15H,9-11H2,1-4H3/t15-/m1/s1. The molecule has 0 aliphatic carbocycles. The lowest BCUT2D eigenvalue weighted by atomic mass is 9.92. The lowest BCUT2D eigenvalue weighted by Gasteiger charge is -2.34. The molecule has 0 aromatic heterocycles. The number of methoxy groups -OCH3 is 1. The van der Waals surface area contributed by atoms with Gasteiger partial charge in [0.2, 0.25) is 0 Å². The van der Waals surface area contributed by atoms with Gasteiger partial charge in [0.1, 0.15) is 5.75 Å². The quantitative estimate of drug-likeness (QED) is 0.758. The van der Waals surface area contributed by atoms with Gasteiger partial charge in [-0.25, -0.2) is 0 Å². The summed E-state index contributed by atoms with van der Waals surface area (Å²) < 4.78 is 5.19. The fourth-order valence-corrected chi connectivity index (χ4v) is 2.58. The first-order chi connectivity index (χ1) is 8.60. The Morgan fingerprint density at radius 3 is 2.44 bits per heavy atom. The van der Waals surface area contributed by atoms with Gasteiger partial charge < -0.3 is 4.74 Å². The summed E-state index contributed by atoms with van der Waals surface area (Å²) in [6.07, 6.45) is 2.31. The Bertz CT molecular complexity index is 433. The first-order valence-corrected chi connectivity index (χ1v) is 6.58. The van der Waals surface area contributed by atoms with E-state index in [4.69, 9.17) is 4.74 Å².